The lowest BCUT2D eigenvalue weighted by Crippen LogP contribution is -2.19. The molecule has 5 heteroatoms. The van der Waals surface area contributed by atoms with Gasteiger partial charge in [-0.2, -0.15) is 0 Å². The molecule has 0 unspecified atom stereocenters. The number of hydrogen-bond acceptors (Lipinski definition) is 3. The topological polar surface area (TPSA) is 73.6 Å². The van der Waals surface area contributed by atoms with Crippen LogP contribution in [0.3, 0.4) is 0 Å². The Labute approximate surface area is 149 Å². The Morgan fingerprint density at radius 2 is 1.88 bits per heavy atom. The first-order chi connectivity index (χ1) is 12.2. The van der Waals surface area contributed by atoms with E-state index >= 15 is 0 Å². The Morgan fingerprint density at radius 1 is 1.08 bits per heavy atom. The molecule has 0 atom stereocenters. The Hall–Kier alpha value is -2.53. The number of carbonyl (C=O) groups excluding carboxylic acids is 1. The van der Waals surface area contributed by atoms with Crippen molar-refractivity contribution in [2.24, 2.45) is 5.73 Å². The minimum Gasteiger partial charge on any atom is -0.491 e. The van der Waals surface area contributed by atoms with E-state index in [9.17, 15) is 4.79 Å². The maximum absolute atomic E-state index is 10.9. The molecule has 0 aliphatic rings. The first-order valence-corrected chi connectivity index (χ1v) is 8.62. The molecule has 25 heavy (non-hydrogen) atoms. The normalized spacial score (nSPS) is 10.4. The van der Waals surface area contributed by atoms with Crippen LogP contribution in [0.2, 0.25) is 0 Å². The second-order valence-electron chi connectivity index (χ2n) is 5.84. The average molecular weight is 342 g/mol. The highest BCUT2D eigenvalue weighted by molar-refractivity contribution is 5.87. The van der Waals surface area contributed by atoms with Crippen LogP contribution in [0.15, 0.2) is 48.5 Å². The Morgan fingerprint density at radius 3 is 2.60 bits per heavy atom. The minimum absolute atomic E-state index is 0.452. The fourth-order valence-electron chi connectivity index (χ4n) is 2.42. The summed E-state index contributed by atoms with van der Waals surface area (Å²) in [7, 11) is 0. The first kappa shape index (κ1) is 18.8. The van der Waals surface area contributed by atoms with Crippen molar-refractivity contribution < 1.29 is 14.3 Å². The molecule has 0 saturated heterocycles. The molecule has 0 spiro atoms. The van der Waals surface area contributed by atoms with Crippen LogP contribution in [0.1, 0.15) is 30.9 Å². The van der Waals surface area contributed by atoms with Gasteiger partial charge < -0.3 is 20.5 Å². The number of ether oxygens (including phenoxy) is 2. The number of unbranched alkanes of at least 4 members (excludes halogenated alkanes) is 1. The molecule has 0 aliphatic heterocycles. The van der Waals surface area contributed by atoms with Crippen molar-refractivity contribution >= 4 is 11.7 Å². The van der Waals surface area contributed by atoms with Crippen LogP contribution < -0.4 is 15.8 Å². The fourth-order valence-corrected chi connectivity index (χ4v) is 2.42. The summed E-state index contributed by atoms with van der Waals surface area (Å²) in [4.78, 5) is 10.9. The number of aryl methyl sites for hydroxylation is 1. The van der Waals surface area contributed by atoms with Crippen molar-refractivity contribution in [2.45, 2.75) is 32.8 Å². The molecule has 0 aromatic heterocycles. The van der Waals surface area contributed by atoms with E-state index in [0.717, 1.165) is 17.7 Å². The van der Waals surface area contributed by atoms with Crippen LogP contribution in [0.5, 0.6) is 5.75 Å². The lowest BCUT2D eigenvalue weighted by Gasteiger charge is -2.09. The zero-order valence-electron chi connectivity index (χ0n) is 14.7. The second-order valence-corrected chi connectivity index (χ2v) is 5.84. The SMILES string of the molecule is CCCCc1ccc(OCCOCc2cccc(NC(N)=O)c2)cc1. The monoisotopic (exact) mass is 342 g/mol. The Kier molecular flexibility index (Phi) is 7.79. The van der Waals surface area contributed by atoms with Crippen molar-refractivity contribution in [3.05, 3.63) is 59.7 Å². The van der Waals surface area contributed by atoms with Crippen LogP contribution in [0, 0.1) is 0 Å². The molecule has 0 saturated carbocycles. The minimum atomic E-state index is -0.577. The lowest BCUT2D eigenvalue weighted by atomic mass is 10.1. The number of hydrogen-bond donors (Lipinski definition) is 2. The molecule has 2 rings (SSSR count). The Balaban J connectivity index is 1.67. The number of carbonyl (C=O) groups is 1. The third-order valence-electron chi connectivity index (χ3n) is 3.70. The van der Waals surface area contributed by atoms with Gasteiger partial charge in [-0.3, -0.25) is 0 Å². The molecule has 0 radical (unpaired) electrons. The van der Waals surface area contributed by atoms with Crippen molar-refractivity contribution in [3.63, 3.8) is 0 Å². The zero-order valence-corrected chi connectivity index (χ0v) is 14.7. The van der Waals surface area contributed by atoms with Crippen LogP contribution in [0.4, 0.5) is 10.5 Å². The zero-order chi connectivity index (χ0) is 17.9. The van der Waals surface area contributed by atoms with Crippen LogP contribution in [-0.2, 0) is 17.8 Å². The molecule has 0 aliphatic carbocycles. The summed E-state index contributed by atoms with van der Waals surface area (Å²) in [6.45, 7) is 3.63. The second kappa shape index (κ2) is 10.4. The van der Waals surface area contributed by atoms with Crippen molar-refractivity contribution in [1.29, 1.82) is 0 Å². The van der Waals surface area contributed by atoms with E-state index in [0.29, 0.717) is 25.5 Å². The summed E-state index contributed by atoms with van der Waals surface area (Å²) in [5.74, 6) is 0.858. The molecule has 2 aromatic rings. The van der Waals surface area contributed by atoms with Gasteiger partial charge in [0.05, 0.1) is 13.2 Å². The predicted octanol–water partition coefficient (Wildman–Crippen LogP) is 4.12. The van der Waals surface area contributed by atoms with Gasteiger partial charge in [0.15, 0.2) is 0 Å². The summed E-state index contributed by atoms with van der Waals surface area (Å²) in [5.41, 5.74) is 8.07. The molecular formula is C20H26N2O3. The number of anilines is 1. The van der Waals surface area contributed by atoms with E-state index in [-0.39, 0.29) is 0 Å². The van der Waals surface area contributed by atoms with Gasteiger partial charge in [-0.15, -0.1) is 0 Å². The van der Waals surface area contributed by atoms with E-state index < -0.39 is 6.03 Å². The highest BCUT2D eigenvalue weighted by atomic mass is 16.5. The first-order valence-electron chi connectivity index (χ1n) is 8.62. The summed E-state index contributed by atoms with van der Waals surface area (Å²) >= 11 is 0. The maximum Gasteiger partial charge on any atom is 0.316 e. The number of amides is 2. The highest BCUT2D eigenvalue weighted by Gasteiger charge is 2.00. The van der Waals surface area contributed by atoms with E-state index in [1.807, 2.05) is 30.3 Å². The van der Waals surface area contributed by atoms with Crippen LogP contribution >= 0.6 is 0 Å². The number of benzene rings is 2. The fraction of sp³-hybridized carbons (Fsp3) is 0.350. The molecule has 0 bridgehead atoms. The van der Waals surface area contributed by atoms with Crippen molar-refractivity contribution in [2.75, 3.05) is 18.5 Å². The molecular weight excluding hydrogens is 316 g/mol. The largest absolute Gasteiger partial charge is 0.491 e. The van der Waals surface area contributed by atoms with Crippen LogP contribution in [0.25, 0.3) is 0 Å². The summed E-state index contributed by atoms with van der Waals surface area (Å²) in [6.07, 6.45) is 3.53. The third-order valence-corrected chi connectivity index (χ3v) is 3.70. The maximum atomic E-state index is 10.9. The number of nitrogens with two attached hydrogens (primary N) is 1. The van der Waals surface area contributed by atoms with Crippen molar-refractivity contribution in [1.82, 2.24) is 0 Å². The van der Waals surface area contributed by atoms with Crippen LogP contribution in [-0.4, -0.2) is 19.2 Å². The lowest BCUT2D eigenvalue weighted by molar-refractivity contribution is 0.0889. The summed E-state index contributed by atoms with van der Waals surface area (Å²) in [6, 6.07) is 15.1. The van der Waals surface area contributed by atoms with Gasteiger partial charge in [-0.25, -0.2) is 4.79 Å². The molecule has 0 heterocycles. The van der Waals surface area contributed by atoms with E-state index in [1.165, 1.54) is 18.4 Å². The molecule has 5 nitrogen and oxygen atoms in total. The van der Waals surface area contributed by atoms with Gasteiger partial charge in [0.1, 0.15) is 12.4 Å². The van der Waals surface area contributed by atoms with Gasteiger partial charge >= 0.3 is 6.03 Å². The third kappa shape index (κ3) is 7.27. The van der Waals surface area contributed by atoms with E-state index in [2.05, 4.69) is 24.4 Å². The molecule has 2 amide bonds. The average Bonchev–Trinajstić information content (AvgIpc) is 2.60. The van der Waals surface area contributed by atoms with E-state index in [4.69, 9.17) is 15.2 Å². The standard InChI is InChI=1S/C20H26N2O3/c1-2-3-5-16-8-10-19(11-9-16)25-13-12-24-15-17-6-4-7-18(14-17)22-20(21)23/h4,6-11,14H,2-3,5,12-13,15H2,1H3,(H3,21,22,23). The van der Waals surface area contributed by atoms with Gasteiger partial charge in [0, 0.05) is 5.69 Å². The quantitative estimate of drug-likeness (QED) is 0.638. The molecule has 2 aromatic carbocycles. The van der Waals surface area contributed by atoms with Gasteiger partial charge in [0.25, 0.3) is 0 Å². The highest BCUT2D eigenvalue weighted by Crippen LogP contribution is 2.14. The Bertz CT molecular complexity index is 656. The van der Waals surface area contributed by atoms with Crippen molar-refractivity contribution in [3.8, 4) is 5.75 Å². The number of urea groups is 1. The smallest absolute Gasteiger partial charge is 0.316 e. The number of nitrogens with one attached hydrogen (secondary N) is 1. The summed E-state index contributed by atoms with van der Waals surface area (Å²) < 4.78 is 11.3. The summed E-state index contributed by atoms with van der Waals surface area (Å²) in [5, 5.41) is 2.54. The molecule has 3 N–H and O–H groups in total. The molecule has 0 fully saturated rings. The number of rotatable bonds is 10. The predicted molar refractivity (Wildman–Crippen MR) is 99.9 cm³/mol. The van der Waals surface area contributed by atoms with Gasteiger partial charge in [0.2, 0.25) is 0 Å². The van der Waals surface area contributed by atoms with Gasteiger partial charge in [-0.05, 0) is 48.2 Å². The van der Waals surface area contributed by atoms with E-state index in [1.54, 1.807) is 6.07 Å². The number of primary amides is 1. The van der Waals surface area contributed by atoms with Gasteiger partial charge in [-0.1, -0.05) is 37.6 Å². The molecule has 134 valence electrons.